The minimum absolute atomic E-state index is 0.00519. The van der Waals surface area contributed by atoms with E-state index >= 15 is 0 Å². The molecule has 2 aromatic heterocycles. The SMILES string of the molecule is Cc1cnc(C(=O)N(C)F)cn1.Cn1c(CC2CC2)nc2ccc(C(F)(F)F)cc21. The van der Waals surface area contributed by atoms with Gasteiger partial charge in [0.15, 0.2) is 0 Å². The molecular weight excluding hydrogens is 402 g/mol. The van der Waals surface area contributed by atoms with Crippen LogP contribution in [0, 0.1) is 12.8 Å². The zero-order valence-corrected chi connectivity index (χ0v) is 16.7. The number of nitrogens with zero attached hydrogens (tertiary/aromatic N) is 5. The minimum atomic E-state index is -4.30. The summed E-state index contributed by atoms with van der Waals surface area (Å²) >= 11 is 0. The molecule has 160 valence electrons. The third-order valence-electron chi connectivity index (χ3n) is 4.75. The quantitative estimate of drug-likeness (QED) is 0.466. The molecule has 30 heavy (non-hydrogen) atoms. The maximum atomic E-state index is 12.6. The molecule has 0 aliphatic heterocycles. The number of halogens is 4. The molecule has 0 spiro atoms. The van der Waals surface area contributed by atoms with Crippen LogP contribution in [0.1, 0.15) is 40.4 Å². The van der Waals surface area contributed by atoms with Crippen molar-refractivity contribution in [2.45, 2.75) is 32.4 Å². The third-order valence-corrected chi connectivity index (χ3v) is 4.75. The van der Waals surface area contributed by atoms with Gasteiger partial charge in [-0.1, -0.05) is 4.48 Å². The van der Waals surface area contributed by atoms with E-state index in [1.54, 1.807) is 18.5 Å². The van der Waals surface area contributed by atoms with Gasteiger partial charge in [0.05, 0.1) is 28.5 Å². The lowest BCUT2D eigenvalue weighted by Gasteiger charge is -2.06. The number of carbonyl (C=O) groups is 1. The molecule has 0 atom stereocenters. The van der Waals surface area contributed by atoms with Crippen LogP contribution in [0.3, 0.4) is 0 Å². The number of rotatable bonds is 3. The zero-order valence-electron chi connectivity index (χ0n) is 16.7. The molecule has 0 radical (unpaired) electrons. The molecular formula is C20H21F4N5O. The fourth-order valence-electron chi connectivity index (χ4n) is 2.84. The molecule has 2 heterocycles. The van der Waals surface area contributed by atoms with Gasteiger partial charge in [0.1, 0.15) is 11.5 Å². The van der Waals surface area contributed by atoms with Crippen molar-refractivity contribution in [2.75, 3.05) is 7.05 Å². The molecule has 6 nitrogen and oxygen atoms in total. The molecule has 0 bridgehead atoms. The number of fused-ring (bicyclic) bond motifs is 1. The zero-order chi connectivity index (χ0) is 22.1. The van der Waals surface area contributed by atoms with Crippen LogP contribution in [0.4, 0.5) is 17.7 Å². The average molecular weight is 423 g/mol. The van der Waals surface area contributed by atoms with Gasteiger partial charge in [0.2, 0.25) is 0 Å². The Kier molecular flexibility index (Phi) is 6.04. The van der Waals surface area contributed by atoms with Crippen LogP contribution >= 0.6 is 0 Å². The highest BCUT2D eigenvalue weighted by Gasteiger charge is 2.31. The van der Waals surface area contributed by atoms with Gasteiger partial charge in [-0.05, 0) is 43.9 Å². The Morgan fingerprint density at radius 1 is 1.23 bits per heavy atom. The number of benzene rings is 1. The van der Waals surface area contributed by atoms with E-state index < -0.39 is 17.6 Å². The number of aryl methyl sites for hydroxylation is 2. The van der Waals surface area contributed by atoms with Crippen molar-refractivity contribution in [3.8, 4) is 0 Å². The first-order valence-corrected chi connectivity index (χ1v) is 9.31. The van der Waals surface area contributed by atoms with E-state index in [1.807, 2.05) is 0 Å². The normalized spacial score (nSPS) is 13.7. The second-order valence-electron chi connectivity index (χ2n) is 7.26. The van der Waals surface area contributed by atoms with Gasteiger partial charge in [-0.3, -0.25) is 9.78 Å². The molecule has 10 heteroatoms. The Morgan fingerprint density at radius 3 is 2.47 bits per heavy atom. The largest absolute Gasteiger partial charge is 0.416 e. The van der Waals surface area contributed by atoms with Crippen molar-refractivity contribution in [3.05, 3.63) is 53.4 Å². The number of hydrogen-bond donors (Lipinski definition) is 0. The Labute approximate surface area is 170 Å². The van der Waals surface area contributed by atoms with Gasteiger partial charge in [-0.25, -0.2) is 9.97 Å². The fraction of sp³-hybridized carbons (Fsp3) is 0.400. The summed E-state index contributed by atoms with van der Waals surface area (Å²) < 4.78 is 52.0. The molecule has 0 N–H and O–H groups in total. The number of amides is 1. The minimum Gasteiger partial charge on any atom is -0.331 e. The molecule has 1 saturated carbocycles. The highest BCUT2D eigenvalue weighted by atomic mass is 19.4. The Bertz CT molecular complexity index is 1040. The van der Waals surface area contributed by atoms with Crippen molar-refractivity contribution >= 4 is 16.9 Å². The van der Waals surface area contributed by atoms with Gasteiger partial charge < -0.3 is 4.57 Å². The molecule has 1 amide bonds. The van der Waals surface area contributed by atoms with Crippen LogP contribution in [0.25, 0.3) is 11.0 Å². The van der Waals surface area contributed by atoms with Crippen molar-refractivity contribution in [2.24, 2.45) is 13.0 Å². The second-order valence-corrected chi connectivity index (χ2v) is 7.26. The van der Waals surface area contributed by atoms with E-state index in [0.29, 0.717) is 22.6 Å². The lowest BCUT2D eigenvalue weighted by molar-refractivity contribution is -0.137. The highest BCUT2D eigenvalue weighted by molar-refractivity contribution is 5.90. The number of hydrogen-bond acceptors (Lipinski definition) is 4. The topological polar surface area (TPSA) is 63.9 Å². The fourth-order valence-corrected chi connectivity index (χ4v) is 2.84. The van der Waals surface area contributed by atoms with E-state index in [1.165, 1.54) is 37.4 Å². The van der Waals surface area contributed by atoms with Crippen molar-refractivity contribution in [3.63, 3.8) is 0 Å². The molecule has 0 unspecified atom stereocenters. The molecule has 3 aromatic rings. The van der Waals surface area contributed by atoms with Crippen molar-refractivity contribution < 1.29 is 22.4 Å². The maximum absolute atomic E-state index is 12.6. The van der Waals surface area contributed by atoms with Crippen LogP contribution in [-0.2, 0) is 19.6 Å². The summed E-state index contributed by atoms with van der Waals surface area (Å²) in [6, 6.07) is 3.73. The van der Waals surface area contributed by atoms with Crippen LogP contribution in [0.2, 0.25) is 0 Å². The maximum Gasteiger partial charge on any atom is 0.416 e. The van der Waals surface area contributed by atoms with E-state index in [-0.39, 0.29) is 10.8 Å². The van der Waals surface area contributed by atoms with E-state index in [2.05, 4.69) is 15.0 Å². The monoisotopic (exact) mass is 423 g/mol. The molecule has 1 aromatic carbocycles. The van der Waals surface area contributed by atoms with Crippen LogP contribution in [0.5, 0.6) is 0 Å². The molecule has 1 aliphatic carbocycles. The smallest absolute Gasteiger partial charge is 0.331 e. The summed E-state index contributed by atoms with van der Waals surface area (Å²) in [6.45, 7) is 1.74. The van der Waals surface area contributed by atoms with Gasteiger partial charge in [0, 0.05) is 26.7 Å². The summed E-state index contributed by atoms with van der Waals surface area (Å²) in [5.41, 5.74) is 1.27. The highest BCUT2D eigenvalue weighted by Crippen LogP contribution is 2.34. The summed E-state index contributed by atoms with van der Waals surface area (Å²) in [6.07, 6.45) is 1.64. The van der Waals surface area contributed by atoms with E-state index in [9.17, 15) is 22.4 Å². The van der Waals surface area contributed by atoms with Crippen LogP contribution < -0.4 is 0 Å². The van der Waals surface area contributed by atoms with Gasteiger partial charge >= 0.3 is 12.1 Å². The number of carbonyl (C=O) groups excluding carboxylic acids is 1. The summed E-state index contributed by atoms with van der Waals surface area (Å²) in [7, 11) is 2.80. The average Bonchev–Trinajstić information content (AvgIpc) is 3.45. The van der Waals surface area contributed by atoms with Crippen molar-refractivity contribution in [1.82, 2.24) is 24.6 Å². The summed E-state index contributed by atoms with van der Waals surface area (Å²) in [5.74, 6) is 0.761. The first-order valence-electron chi connectivity index (χ1n) is 9.31. The van der Waals surface area contributed by atoms with Crippen molar-refractivity contribution in [1.29, 1.82) is 0 Å². The molecule has 1 aliphatic rings. The predicted molar refractivity (Wildman–Crippen MR) is 102 cm³/mol. The first kappa shape index (κ1) is 21.7. The lowest BCUT2D eigenvalue weighted by atomic mass is 10.2. The predicted octanol–water partition coefficient (Wildman–Crippen LogP) is 4.29. The lowest BCUT2D eigenvalue weighted by Crippen LogP contribution is -2.19. The van der Waals surface area contributed by atoms with E-state index in [4.69, 9.17) is 0 Å². The number of imidazole rings is 1. The Morgan fingerprint density at radius 2 is 1.93 bits per heavy atom. The van der Waals surface area contributed by atoms with Gasteiger partial charge in [-0.15, -0.1) is 0 Å². The molecule has 4 rings (SSSR count). The number of aromatic nitrogens is 4. The summed E-state index contributed by atoms with van der Waals surface area (Å²) in [4.78, 5) is 22.8. The van der Waals surface area contributed by atoms with Gasteiger partial charge in [-0.2, -0.15) is 18.3 Å². The molecule has 1 fully saturated rings. The van der Waals surface area contributed by atoms with Crippen LogP contribution in [0.15, 0.2) is 30.6 Å². The second kappa shape index (κ2) is 8.37. The van der Waals surface area contributed by atoms with Crippen LogP contribution in [-0.4, -0.2) is 37.6 Å². The van der Waals surface area contributed by atoms with E-state index in [0.717, 1.165) is 25.4 Å². The first-order chi connectivity index (χ1) is 14.1. The third kappa shape index (κ3) is 5.11. The standard InChI is InChI=1S/C13H13F3N2.C7H8FN3O/c1-18-11-7-9(13(14,15)16)4-5-10(11)17-12(18)6-8-2-3-8;1-5-3-10-6(4-9-5)7(12)11(2)8/h4-5,7-8H,2-3,6H2,1H3;3-4H,1-2H3. The Balaban J connectivity index is 0.000000187. The van der Waals surface area contributed by atoms with Gasteiger partial charge in [0.25, 0.3) is 0 Å². The molecule has 0 saturated heterocycles. The Hall–Kier alpha value is -3.04. The number of alkyl halides is 3. The summed E-state index contributed by atoms with van der Waals surface area (Å²) in [5, 5.41) is -0.0284.